The van der Waals surface area contributed by atoms with Crippen molar-refractivity contribution in [3.8, 4) is 0 Å². The van der Waals surface area contributed by atoms with E-state index in [-0.39, 0.29) is 7.11 Å². The number of rotatable bonds is 5. The number of methoxy groups -OCH3 is 1. The minimum Gasteiger partial charge on any atom is -0.465 e. The molecule has 2 saturated heterocycles. The van der Waals surface area contributed by atoms with Crippen LogP contribution in [-0.2, 0) is 33.2 Å². The van der Waals surface area contributed by atoms with E-state index in [1.54, 1.807) is 0 Å². The van der Waals surface area contributed by atoms with Gasteiger partial charge in [0, 0.05) is 0 Å². The van der Waals surface area contributed by atoms with Gasteiger partial charge < -0.3 is 14.2 Å². The highest BCUT2D eigenvalue weighted by Crippen LogP contribution is 2.62. The Bertz CT molecular complexity index is 883. The van der Waals surface area contributed by atoms with Gasteiger partial charge in [-0.3, -0.25) is 9.47 Å². The van der Waals surface area contributed by atoms with Gasteiger partial charge in [-0.2, -0.15) is 65.9 Å². The summed E-state index contributed by atoms with van der Waals surface area (Å²) in [6.45, 7) is 0. The molecule has 34 heavy (non-hydrogen) atoms. The van der Waals surface area contributed by atoms with Crippen LogP contribution in [0.2, 0.25) is 0 Å². The maximum atomic E-state index is 14.4. The van der Waals surface area contributed by atoms with Gasteiger partial charge in [0.25, 0.3) is 0 Å². The number of carbonyl (C=O) groups excluding carboxylic acids is 1. The lowest BCUT2D eigenvalue weighted by Crippen LogP contribution is -2.64. The van der Waals surface area contributed by atoms with Crippen LogP contribution in [0.25, 0.3) is 0 Å². The molecule has 2 aliphatic heterocycles. The largest absolute Gasteiger partial charge is 0.483 e. The summed E-state index contributed by atoms with van der Waals surface area (Å²) in [5.74, 6) is -25.6. The van der Waals surface area contributed by atoms with Gasteiger partial charge in [0.1, 0.15) is 0 Å². The molecule has 2 aliphatic rings. The molecule has 0 aromatic carbocycles. The van der Waals surface area contributed by atoms with Crippen LogP contribution in [-0.4, -0.2) is 61.2 Å². The summed E-state index contributed by atoms with van der Waals surface area (Å²) in [4.78, 5) is 11.2. The fraction of sp³-hybridized carbons (Fsp3) is 0.750. The molecule has 0 aromatic rings. The molecule has 2 rings (SSSR count). The predicted octanol–water partition coefficient (Wildman–Crippen LogP) is 4.30. The molecule has 0 saturated carbocycles. The molecule has 0 N–H and O–H groups in total. The Morgan fingerprint density at radius 2 is 1.24 bits per heavy atom. The molecule has 22 heteroatoms. The molecule has 7 nitrogen and oxygen atoms in total. The fourth-order valence-corrected chi connectivity index (χ4v) is 2.19. The first-order chi connectivity index (χ1) is 14.9. The SMILES string of the molecule is COC(=O)C1(C(F)(F)F)OC(F)(F)C(F)(C(F)(F)OC(F)(F)C2(F)OC(=C(F)F)OC2(F)F)O1. The lowest BCUT2D eigenvalue weighted by atomic mass is 10.2. The molecule has 0 aliphatic carbocycles. The summed E-state index contributed by atoms with van der Waals surface area (Å²) < 4.78 is 217. The van der Waals surface area contributed by atoms with Gasteiger partial charge in [-0.15, -0.1) is 0 Å². The number of halogens is 15. The van der Waals surface area contributed by atoms with Crippen molar-refractivity contribution in [1.29, 1.82) is 0 Å². The number of ether oxygens (including phenoxy) is 6. The molecule has 0 amide bonds. The van der Waals surface area contributed by atoms with Gasteiger partial charge in [-0.1, -0.05) is 0 Å². The topological polar surface area (TPSA) is 72.5 Å². The van der Waals surface area contributed by atoms with E-state index in [9.17, 15) is 70.7 Å². The molecule has 0 radical (unpaired) electrons. The van der Waals surface area contributed by atoms with Gasteiger partial charge in [0.2, 0.25) is 0 Å². The summed E-state index contributed by atoms with van der Waals surface area (Å²) >= 11 is 0. The molecule has 2 heterocycles. The van der Waals surface area contributed by atoms with E-state index in [1.807, 2.05) is 4.74 Å². The molecule has 0 bridgehead atoms. The van der Waals surface area contributed by atoms with E-state index in [1.165, 1.54) is 0 Å². The fourth-order valence-electron chi connectivity index (χ4n) is 2.19. The maximum absolute atomic E-state index is 14.4. The van der Waals surface area contributed by atoms with E-state index < -0.39 is 66.1 Å². The number of carbonyl (C=O) groups is 1. The Morgan fingerprint density at radius 3 is 1.62 bits per heavy atom. The average molecular weight is 544 g/mol. The average Bonchev–Trinajstić information content (AvgIpc) is 3.02. The Hall–Kier alpha value is -2.36. The van der Waals surface area contributed by atoms with Crippen molar-refractivity contribution < 1.29 is 99.1 Å². The van der Waals surface area contributed by atoms with Crippen LogP contribution in [0.4, 0.5) is 65.9 Å². The van der Waals surface area contributed by atoms with Gasteiger partial charge >= 0.3 is 66.1 Å². The number of hydrogen-bond donors (Lipinski definition) is 0. The molecular formula is C12H3F15O7. The van der Waals surface area contributed by atoms with E-state index in [4.69, 9.17) is 0 Å². The third kappa shape index (κ3) is 3.56. The maximum Gasteiger partial charge on any atom is 0.483 e. The summed E-state index contributed by atoms with van der Waals surface area (Å²) in [5.41, 5.74) is 0. The first-order valence-electron chi connectivity index (χ1n) is 7.44. The Kier molecular flexibility index (Phi) is 6.00. The Morgan fingerprint density at radius 1 is 0.765 bits per heavy atom. The lowest BCUT2D eigenvalue weighted by molar-refractivity contribution is -0.520. The third-order valence-electron chi connectivity index (χ3n) is 3.75. The highest BCUT2D eigenvalue weighted by atomic mass is 19.4. The molecule has 2 fully saturated rings. The van der Waals surface area contributed by atoms with Crippen LogP contribution in [0.1, 0.15) is 0 Å². The second kappa shape index (κ2) is 7.32. The smallest absolute Gasteiger partial charge is 0.465 e. The van der Waals surface area contributed by atoms with E-state index in [0.29, 0.717) is 0 Å². The zero-order valence-corrected chi connectivity index (χ0v) is 15.0. The second-order valence-corrected chi connectivity index (χ2v) is 5.92. The van der Waals surface area contributed by atoms with Crippen molar-refractivity contribution in [2.45, 2.75) is 48.1 Å². The summed E-state index contributed by atoms with van der Waals surface area (Å²) in [6.07, 6.45) is -38.1. The molecule has 3 unspecified atom stereocenters. The van der Waals surface area contributed by atoms with E-state index in [0.717, 1.165) is 0 Å². The van der Waals surface area contributed by atoms with Crippen LogP contribution in [0, 0.1) is 0 Å². The van der Waals surface area contributed by atoms with Gasteiger partial charge in [0.15, 0.2) is 0 Å². The molecule has 198 valence electrons. The van der Waals surface area contributed by atoms with Crippen LogP contribution in [0.15, 0.2) is 12.0 Å². The second-order valence-electron chi connectivity index (χ2n) is 5.92. The summed E-state index contributed by atoms with van der Waals surface area (Å²) in [7, 11) is -0.0246. The monoisotopic (exact) mass is 544 g/mol. The standard InChI is InChI=1S/C12H3F15O7/c1-29-4(28)5(8(17,18)19)32-7(16,11(24,25)33-5)12(26,27)34-10(22,23)6(15)9(20,21)31-3(30-6)2(13)14/h1H3. The number of alkyl halides is 13. The van der Waals surface area contributed by atoms with Crippen molar-refractivity contribution in [2.75, 3.05) is 7.11 Å². The Labute approximate surface area is 173 Å². The zero-order chi connectivity index (χ0) is 27.0. The van der Waals surface area contributed by atoms with Crippen molar-refractivity contribution in [1.82, 2.24) is 0 Å². The van der Waals surface area contributed by atoms with E-state index in [2.05, 4.69) is 23.7 Å². The Balaban J connectivity index is 2.57. The van der Waals surface area contributed by atoms with Crippen molar-refractivity contribution >= 4 is 5.97 Å². The zero-order valence-electron chi connectivity index (χ0n) is 15.0. The van der Waals surface area contributed by atoms with Gasteiger partial charge in [0.05, 0.1) is 7.11 Å². The van der Waals surface area contributed by atoms with Crippen LogP contribution in [0.3, 0.4) is 0 Å². The lowest BCUT2D eigenvalue weighted by Gasteiger charge is -2.36. The minimum atomic E-state index is -7.36. The normalized spacial score (nSPS) is 33.4. The van der Waals surface area contributed by atoms with Crippen molar-refractivity contribution in [3.63, 3.8) is 0 Å². The first kappa shape index (κ1) is 27.9. The third-order valence-corrected chi connectivity index (χ3v) is 3.75. The summed E-state index contributed by atoms with van der Waals surface area (Å²) in [5, 5.41) is 0. The van der Waals surface area contributed by atoms with Crippen LogP contribution in [0.5, 0.6) is 0 Å². The highest BCUT2D eigenvalue weighted by molar-refractivity contribution is 5.79. The minimum absolute atomic E-state index is 0.0246. The first-order valence-corrected chi connectivity index (χ1v) is 7.44. The highest BCUT2D eigenvalue weighted by Gasteiger charge is 2.92. The molecule has 0 aromatic heterocycles. The summed E-state index contributed by atoms with van der Waals surface area (Å²) in [6, 6.07) is 0. The van der Waals surface area contributed by atoms with Crippen molar-refractivity contribution in [3.05, 3.63) is 12.0 Å². The molecule has 0 spiro atoms. The van der Waals surface area contributed by atoms with Crippen LogP contribution >= 0.6 is 0 Å². The van der Waals surface area contributed by atoms with Crippen LogP contribution < -0.4 is 0 Å². The number of esters is 1. The van der Waals surface area contributed by atoms with Gasteiger partial charge in [-0.25, -0.2) is 9.53 Å². The quantitative estimate of drug-likeness (QED) is 0.378. The van der Waals surface area contributed by atoms with E-state index >= 15 is 0 Å². The molecule has 3 atom stereocenters. The number of hydrogen-bond acceptors (Lipinski definition) is 7. The predicted molar refractivity (Wildman–Crippen MR) is 62.9 cm³/mol. The molecular weight excluding hydrogens is 541 g/mol. The van der Waals surface area contributed by atoms with Crippen molar-refractivity contribution in [2.24, 2.45) is 0 Å². The van der Waals surface area contributed by atoms with Gasteiger partial charge in [-0.05, 0) is 0 Å².